The standard InChI is InChI=1S/C11H17BrN2O2/c1-8-9(6-14-16-8)10(15)13-7-11(2,3)4-5-12/h6H,4-5,7H2,1-3H3,(H,13,15). The molecule has 0 radical (unpaired) electrons. The molecular formula is C11H17BrN2O2. The van der Waals surface area contributed by atoms with Gasteiger partial charge in [-0.3, -0.25) is 4.79 Å². The average molecular weight is 289 g/mol. The molecule has 0 atom stereocenters. The first kappa shape index (κ1) is 13.2. The topological polar surface area (TPSA) is 55.1 Å². The van der Waals surface area contributed by atoms with Crippen LogP contribution in [-0.2, 0) is 0 Å². The Morgan fingerprint density at radius 1 is 1.62 bits per heavy atom. The van der Waals surface area contributed by atoms with Gasteiger partial charge >= 0.3 is 0 Å². The number of nitrogens with one attached hydrogen (secondary N) is 1. The Hall–Kier alpha value is -0.840. The monoisotopic (exact) mass is 288 g/mol. The van der Waals surface area contributed by atoms with Gasteiger partial charge in [-0.05, 0) is 18.8 Å². The fraction of sp³-hybridized carbons (Fsp3) is 0.636. The van der Waals surface area contributed by atoms with Gasteiger partial charge in [-0.1, -0.05) is 34.9 Å². The number of amides is 1. The SMILES string of the molecule is Cc1oncc1C(=O)NCC(C)(C)CCBr. The van der Waals surface area contributed by atoms with Crippen molar-refractivity contribution in [2.45, 2.75) is 27.2 Å². The molecule has 0 saturated carbocycles. The summed E-state index contributed by atoms with van der Waals surface area (Å²) in [6.07, 6.45) is 2.46. The summed E-state index contributed by atoms with van der Waals surface area (Å²) in [5.41, 5.74) is 0.596. The molecular weight excluding hydrogens is 272 g/mol. The first-order valence-electron chi connectivity index (χ1n) is 5.22. The smallest absolute Gasteiger partial charge is 0.256 e. The van der Waals surface area contributed by atoms with Crippen LogP contribution >= 0.6 is 15.9 Å². The molecule has 16 heavy (non-hydrogen) atoms. The van der Waals surface area contributed by atoms with Crippen LogP contribution in [0.15, 0.2) is 10.7 Å². The van der Waals surface area contributed by atoms with Gasteiger partial charge in [-0.25, -0.2) is 0 Å². The van der Waals surface area contributed by atoms with Gasteiger partial charge in [0.15, 0.2) is 0 Å². The van der Waals surface area contributed by atoms with Gasteiger partial charge in [0.1, 0.15) is 11.3 Å². The number of carbonyl (C=O) groups is 1. The van der Waals surface area contributed by atoms with Crippen molar-refractivity contribution in [1.29, 1.82) is 0 Å². The quantitative estimate of drug-likeness (QED) is 0.847. The fourth-order valence-corrected chi connectivity index (χ4v) is 2.35. The number of halogens is 1. The van der Waals surface area contributed by atoms with Crippen molar-refractivity contribution < 1.29 is 9.32 Å². The summed E-state index contributed by atoms with van der Waals surface area (Å²) < 4.78 is 4.85. The van der Waals surface area contributed by atoms with E-state index in [4.69, 9.17) is 4.52 Å². The molecule has 1 amide bonds. The molecule has 4 nitrogen and oxygen atoms in total. The van der Waals surface area contributed by atoms with Crippen LogP contribution in [0.25, 0.3) is 0 Å². The molecule has 1 aromatic heterocycles. The number of alkyl halides is 1. The Labute approximate surface area is 104 Å². The molecule has 0 aromatic carbocycles. The van der Waals surface area contributed by atoms with E-state index in [0.29, 0.717) is 17.9 Å². The van der Waals surface area contributed by atoms with Crippen molar-refractivity contribution in [2.24, 2.45) is 5.41 Å². The maximum absolute atomic E-state index is 11.8. The molecule has 0 aliphatic rings. The highest BCUT2D eigenvalue weighted by molar-refractivity contribution is 9.09. The molecule has 0 aliphatic carbocycles. The molecule has 0 spiro atoms. The van der Waals surface area contributed by atoms with E-state index in [9.17, 15) is 4.79 Å². The minimum absolute atomic E-state index is 0.0875. The van der Waals surface area contributed by atoms with E-state index >= 15 is 0 Å². The average Bonchev–Trinajstić information content (AvgIpc) is 2.61. The minimum atomic E-state index is -0.124. The molecule has 0 aliphatic heterocycles. The van der Waals surface area contributed by atoms with E-state index < -0.39 is 0 Å². The molecule has 0 bridgehead atoms. The zero-order chi connectivity index (χ0) is 12.2. The molecule has 90 valence electrons. The van der Waals surface area contributed by atoms with Gasteiger partial charge in [0.25, 0.3) is 5.91 Å². The summed E-state index contributed by atoms with van der Waals surface area (Å²) in [4.78, 5) is 11.8. The Morgan fingerprint density at radius 2 is 2.31 bits per heavy atom. The lowest BCUT2D eigenvalue weighted by molar-refractivity contribution is 0.0934. The van der Waals surface area contributed by atoms with Crippen LogP contribution in [0.2, 0.25) is 0 Å². The van der Waals surface area contributed by atoms with Gasteiger partial charge in [0, 0.05) is 11.9 Å². The highest BCUT2D eigenvalue weighted by Gasteiger charge is 2.20. The van der Waals surface area contributed by atoms with E-state index in [1.807, 2.05) is 0 Å². The largest absolute Gasteiger partial charge is 0.361 e. The maximum atomic E-state index is 11.8. The molecule has 1 aromatic rings. The van der Waals surface area contributed by atoms with Crippen LogP contribution in [0.1, 0.15) is 36.4 Å². The first-order valence-corrected chi connectivity index (χ1v) is 6.34. The maximum Gasteiger partial charge on any atom is 0.256 e. The van der Waals surface area contributed by atoms with Crippen molar-refractivity contribution >= 4 is 21.8 Å². The predicted octanol–water partition coefficient (Wildman–Crippen LogP) is 2.52. The Kier molecular flexibility index (Phi) is 4.53. The van der Waals surface area contributed by atoms with Gasteiger partial charge in [0.05, 0.1) is 6.20 Å². The van der Waals surface area contributed by atoms with Gasteiger partial charge < -0.3 is 9.84 Å². The van der Waals surface area contributed by atoms with Crippen LogP contribution in [0.4, 0.5) is 0 Å². The Balaban J connectivity index is 2.51. The molecule has 0 saturated heterocycles. The highest BCUT2D eigenvalue weighted by Crippen LogP contribution is 2.20. The van der Waals surface area contributed by atoms with Crippen molar-refractivity contribution in [3.05, 3.63) is 17.5 Å². The number of hydrogen-bond acceptors (Lipinski definition) is 3. The van der Waals surface area contributed by atoms with E-state index in [1.54, 1.807) is 6.92 Å². The summed E-state index contributed by atoms with van der Waals surface area (Å²) >= 11 is 3.40. The van der Waals surface area contributed by atoms with E-state index in [-0.39, 0.29) is 11.3 Å². The second-order valence-corrected chi connectivity index (χ2v) is 5.37. The van der Waals surface area contributed by atoms with E-state index in [0.717, 1.165) is 11.8 Å². The summed E-state index contributed by atoms with van der Waals surface area (Å²) in [5, 5.41) is 7.40. The third kappa shape index (κ3) is 3.63. The number of aromatic nitrogens is 1. The van der Waals surface area contributed by atoms with Crippen molar-refractivity contribution in [2.75, 3.05) is 11.9 Å². The lowest BCUT2D eigenvalue weighted by atomic mass is 9.90. The minimum Gasteiger partial charge on any atom is -0.361 e. The third-order valence-electron chi connectivity index (χ3n) is 2.49. The zero-order valence-corrected chi connectivity index (χ0v) is 11.4. The highest BCUT2D eigenvalue weighted by atomic mass is 79.9. The zero-order valence-electron chi connectivity index (χ0n) is 9.84. The number of carbonyl (C=O) groups excluding carboxylic acids is 1. The van der Waals surface area contributed by atoms with Gasteiger partial charge in [0.2, 0.25) is 0 Å². The summed E-state index contributed by atoms with van der Waals surface area (Å²) in [5.74, 6) is 0.428. The lowest BCUT2D eigenvalue weighted by Gasteiger charge is -2.23. The third-order valence-corrected chi connectivity index (χ3v) is 2.89. The second-order valence-electron chi connectivity index (χ2n) is 4.58. The second kappa shape index (κ2) is 5.48. The van der Waals surface area contributed by atoms with Crippen molar-refractivity contribution in [3.63, 3.8) is 0 Å². The van der Waals surface area contributed by atoms with Crippen LogP contribution in [-0.4, -0.2) is 22.9 Å². The summed E-state index contributed by atoms with van der Waals surface area (Å²) in [7, 11) is 0. The molecule has 0 unspecified atom stereocenters. The van der Waals surface area contributed by atoms with Gasteiger partial charge in [-0.15, -0.1) is 0 Å². The van der Waals surface area contributed by atoms with Gasteiger partial charge in [-0.2, -0.15) is 0 Å². The van der Waals surface area contributed by atoms with Crippen LogP contribution in [0.5, 0.6) is 0 Å². The number of aryl methyl sites for hydroxylation is 1. The Bertz CT molecular complexity index is 361. The first-order chi connectivity index (χ1) is 7.46. The van der Waals surface area contributed by atoms with E-state index in [1.165, 1.54) is 6.20 Å². The molecule has 1 heterocycles. The van der Waals surface area contributed by atoms with Crippen molar-refractivity contribution in [3.8, 4) is 0 Å². The molecule has 0 fully saturated rings. The van der Waals surface area contributed by atoms with Crippen LogP contribution in [0, 0.1) is 12.3 Å². The Morgan fingerprint density at radius 3 is 2.81 bits per heavy atom. The normalized spacial score (nSPS) is 11.5. The van der Waals surface area contributed by atoms with E-state index in [2.05, 4.69) is 40.3 Å². The van der Waals surface area contributed by atoms with Crippen LogP contribution in [0.3, 0.4) is 0 Å². The molecule has 1 rings (SSSR count). The fourth-order valence-electron chi connectivity index (χ4n) is 1.28. The number of nitrogens with zero attached hydrogens (tertiary/aromatic N) is 1. The summed E-state index contributed by atoms with van der Waals surface area (Å²) in [6, 6.07) is 0. The lowest BCUT2D eigenvalue weighted by Crippen LogP contribution is -2.34. The van der Waals surface area contributed by atoms with Crippen LogP contribution < -0.4 is 5.32 Å². The molecule has 5 heteroatoms. The summed E-state index contributed by atoms with van der Waals surface area (Å²) in [6.45, 7) is 6.61. The predicted molar refractivity (Wildman–Crippen MR) is 65.8 cm³/mol. The number of rotatable bonds is 5. The van der Waals surface area contributed by atoms with Crippen molar-refractivity contribution in [1.82, 2.24) is 10.5 Å². The number of hydrogen-bond donors (Lipinski definition) is 1. The molecule has 1 N–H and O–H groups in total.